The van der Waals surface area contributed by atoms with E-state index in [-0.39, 0.29) is 6.10 Å². The van der Waals surface area contributed by atoms with Crippen molar-refractivity contribution in [1.29, 1.82) is 0 Å². The van der Waals surface area contributed by atoms with Gasteiger partial charge in [-0.1, -0.05) is 18.9 Å². The van der Waals surface area contributed by atoms with Crippen LogP contribution >= 0.6 is 0 Å². The average molecular weight is 217 g/mol. The van der Waals surface area contributed by atoms with E-state index in [2.05, 4.69) is 4.98 Å². The normalized spacial score (nSPS) is 34.2. The molecule has 3 unspecified atom stereocenters. The molecule has 3 atom stereocenters. The standard InChI is InChI=1S/C14H19NO/c1-9-6-7-10(8-15-9)14(16)13-11-4-2-3-5-12(11)13/h6-8,11-14,16H,2-5H2,1H3. The first-order valence-electron chi connectivity index (χ1n) is 6.38. The Morgan fingerprint density at radius 2 is 1.94 bits per heavy atom. The summed E-state index contributed by atoms with van der Waals surface area (Å²) in [7, 11) is 0. The molecule has 1 aromatic rings. The molecule has 2 nitrogen and oxygen atoms in total. The molecule has 2 heteroatoms. The second-order valence-electron chi connectivity index (χ2n) is 5.37. The smallest absolute Gasteiger partial charge is 0.0838 e. The van der Waals surface area contributed by atoms with E-state index in [9.17, 15) is 5.11 Å². The van der Waals surface area contributed by atoms with E-state index in [1.807, 2.05) is 25.3 Å². The van der Waals surface area contributed by atoms with Gasteiger partial charge >= 0.3 is 0 Å². The molecule has 16 heavy (non-hydrogen) atoms. The molecule has 1 aromatic heterocycles. The van der Waals surface area contributed by atoms with E-state index >= 15 is 0 Å². The number of nitrogens with zero attached hydrogens (tertiary/aromatic N) is 1. The Morgan fingerprint density at radius 3 is 2.50 bits per heavy atom. The summed E-state index contributed by atoms with van der Waals surface area (Å²) < 4.78 is 0. The fraction of sp³-hybridized carbons (Fsp3) is 0.643. The molecule has 0 aromatic carbocycles. The highest BCUT2D eigenvalue weighted by Crippen LogP contribution is 2.60. The fourth-order valence-corrected chi connectivity index (χ4v) is 3.39. The Bertz CT molecular complexity index is 361. The van der Waals surface area contributed by atoms with E-state index in [1.54, 1.807) is 0 Å². The summed E-state index contributed by atoms with van der Waals surface area (Å²) in [6, 6.07) is 4.02. The van der Waals surface area contributed by atoms with Gasteiger partial charge in [0.1, 0.15) is 0 Å². The first-order chi connectivity index (χ1) is 7.77. The van der Waals surface area contributed by atoms with Gasteiger partial charge in [0.15, 0.2) is 0 Å². The molecular weight excluding hydrogens is 198 g/mol. The Hall–Kier alpha value is -0.890. The number of hydrogen-bond donors (Lipinski definition) is 1. The maximum atomic E-state index is 10.3. The van der Waals surface area contributed by atoms with Crippen LogP contribution in [0, 0.1) is 24.7 Å². The van der Waals surface area contributed by atoms with Gasteiger partial charge < -0.3 is 5.11 Å². The topological polar surface area (TPSA) is 33.1 Å². The van der Waals surface area contributed by atoms with Crippen molar-refractivity contribution < 1.29 is 5.11 Å². The first kappa shape index (κ1) is 10.3. The van der Waals surface area contributed by atoms with E-state index in [0.717, 1.165) is 23.1 Å². The van der Waals surface area contributed by atoms with Crippen molar-refractivity contribution in [3.8, 4) is 0 Å². The Balaban J connectivity index is 1.74. The highest BCUT2D eigenvalue weighted by atomic mass is 16.3. The summed E-state index contributed by atoms with van der Waals surface area (Å²) in [5.41, 5.74) is 2.02. The Morgan fingerprint density at radius 1 is 1.25 bits per heavy atom. The maximum absolute atomic E-state index is 10.3. The van der Waals surface area contributed by atoms with Crippen LogP contribution in [-0.4, -0.2) is 10.1 Å². The molecule has 86 valence electrons. The maximum Gasteiger partial charge on any atom is 0.0838 e. The highest BCUT2D eigenvalue weighted by molar-refractivity contribution is 5.20. The van der Waals surface area contributed by atoms with Crippen LogP contribution in [0.15, 0.2) is 18.3 Å². The number of aliphatic hydroxyl groups is 1. The Kier molecular flexibility index (Phi) is 2.47. The first-order valence-corrected chi connectivity index (χ1v) is 6.38. The van der Waals surface area contributed by atoms with Gasteiger partial charge in [-0.25, -0.2) is 0 Å². The third-order valence-electron chi connectivity index (χ3n) is 4.36. The van der Waals surface area contributed by atoms with Crippen LogP contribution in [0.3, 0.4) is 0 Å². The van der Waals surface area contributed by atoms with Crippen LogP contribution in [-0.2, 0) is 0 Å². The van der Waals surface area contributed by atoms with Gasteiger partial charge in [0, 0.05) is 11.9 Å². The largest absolute Gasteiger partial charge is 0.388 e. The summed E-state index contributed by atoms with van der Waals surface area (Å²) in [5, 5.41) is 10.3. The number of pyridine rings is 1. The molecule has 3 rings (SSSR count). The van der Waals surface area contributed by atoms with Crippen LogP contribution in [0.25, 0.3) is 0 Å². The zero-order valence-electron chi connectivity index (χ0n) is 9.76. The second kappa shape index (κ2) is 3.85. The molecule has 2 saturated carbocycles. The highest BCUT2D eigenvalue weighted by Gasteiger charge is 2.54. The van der Waals surface area contributed by atoms with Crippen LogP contribution in [0.5, 0.6) is 0 Å². The number of fused-ring (bicyclic) bond motifs is 1. The molecule has 0 aliphatic heterocycles. The van der Waals surface area contributed by atoms with Crippen LogP contribution in [0.1, 0.15) is 43.0 Å². The number of rotatable bonds is 2. The molecule has 0 bridgehead atoms. The van der Waals surface area contributed by atoms with E-state index in [1.165, 1.54) is 25.7 Å². The van der Waals surface area contributed by atoms with Crippen molar-refractivity contribution >= 4 is 0 Å². The number of aromatic nitrogens is 1. The van der Waals surface area contributed by atoms with E-state index in [4.69, 9.17) is 0 Å². The lowest BCUT2D eigenvalue weighted by atomic mass is 10.0. The molecular formula is C14H19NO. The van der Waals surface area contributed by atoms with Crippen molar-refractivity contribution in [2.45, 2.75) is 38.7 Å². The van der Waals surface area contributed by atoms with Gasteiger partial charge in [0.25, 0.3) is 0 Å². The summed E-state index contributed by atoms with van der Waals surface area (Å²) in [6.07, 6.45) is 6.93. The van der Waals surface area contributed by atoms with Crippen molar-refractivity contribution in [3.05, 3.63) is 29.6 Å². The summed E-state index contributed by atoms with van der Waals surface area (Å²) in [4.78, 5) is 4.27. The van der Waals surface area contributed by atoms with Gasteiger partial charge in [0.05, 0.1) is 6.10 Å². The quantitative estimate of drug-likeness (QED) is 0.826. The SMILES string of the molecule is Cc1ccc(C(O)C2C3CCCCC32)cn1. The molecule has 1 heterocycles. The number of aryl methyl sites for hydroxylation is 1. The lowest BCUT2D eigenvalue weighted by molar-refractivity contribution is 0.142. The number of aliphatic hydroxyl groups excluding tert-OH is 1. The van der Waals surface area contributed by atoms with Crippen LogP contribution in [0.2, 0.25) is 0 Å². The van der Waals surface area contributed by atoms with Crippen molar-refractivity contribution in [1.82, 2.24) is 4.98 Å². The van der Waals surface area contributed by atoms with Crippen LogP contribution in [0.4, 0.5) is 0 Å². The summed E-state index contributed by atoms with van der Waals surface area (Å²) in [6.45, 7) is 1.98. The zero-order valence-corrected chi connectivity index (χ0v) is 9.76. The molecule has 0 radical (unpaired) electrons. The fourth-order valence-electron chi connectivity index (χ4n) is 3.39. The Labute approximate surface area is 96.7 Å². The minimum Gasteiger partial charge on any atom is -0.388 e. The van der Waals surface area contributed by atoms with Gasteiger partial charge in [-0.05, 0) is 49.1 Å². The van der Waals surface area contributed by atoms with Crippen molar-refractivity contribution in [3.63, 3.8) is 0 Å². The molecule has 0 amide bonds. The molecule has 1 N–H and O–H groups in total. The van der Waals surface area contributed by atoms with Gasteiger partial charge in [-0.15, -0.1) is 0 Å². The van der Waals surface area contributed by atoms with E-state index in [0.29, 0.717) is 5.92 Å². The second-order valence-corrected chi connectivity index (χ2v) is 5.37. The molecule has 2 aliphatic rings. The van der Waals surface area contributed by atoms with Gasteiger partial charge in [-0.2, -0.15) is 0 Å². The van der Waals surface area contributed by atoms with Gasteiger partial charge in [-0.3, -0.25) is 4.98 Å². The molecule has 2 aliphatic carbocycles. The van der Waals surface area contributed by atoms with Gasteiger partial charge in [0.2, 0.25) is 0 Å². The van der Waals surface area contributed by atoms with E-state index < -0.39 is 0 Å². The number of hydrogen-bond acceptors (Lipinski definition) is 2. The predicted octanol–water partition coefficient (Wildman–Crippen LogP) is 2.86. The third kappa shape index (κ3) is 1.65. The molecule has 2 fully saturated rings. The lowest BCUT2D eigenvalue weighted by Crippen LogP contribution is -2.03. The minimum atomic E-state index is -0.277. The van der Waals surface area contributed by atoms with Crippen molar-refractivity contribution in [2.75, 3.05) is 0 Å². The monoisotopic (exact) mass is 217 g/mol. The lowest BCUT2D eigenvalue weighted by Gasteiger charge is -2.10. The summed E-state index contributed by atoms with van der Waals surface area (Å²) in [5.74, 6) is 2.11. The summed E-state index contributed by atoms with van der Waals surface area (Å²) >= 11 is 0. The third-order valence-corrected chi connectivity index (χ3v) is 4.36. The molecule has 0 spiro atoms. The van der Waals surface area contributed by atoms with Crippen LogP contribution < -0.4 is 0 Å². The molecule has 0 saturated heterocycles. The zero-order chi connectivity index (χ0) is 11.1. The minimum absolute atomic E-state index is 0.277. The van der Waals surface area contributed by atoms with Crippen molar-refractivity contribution in [2.24, 2.45) is 17.8 Å². The average Bonchev–Trinajstić information content (AvgIpc) is 3.03. The predicted molar refractivity (Wildman–Crippen MR) is 62.9 cm³/mol.